The van der Waals surface area contributed by atoms with Crippen LogP contribution in [0.25, 0.3) is 0 Å². The fourth-order valence-corrected chi connectivity index (χ4v) is 3.05. The van der Waals surface area contributed by atoms with Gasteiger partial charge in [0.2, 0.25) is 0 Å². The average Bonchev–Trinajstić information content (AvgIpc) is 3.20. The molecule has 1 aliphatic rings. The number of aromatic nitrogens is 3. The molecule has 8 heteroatoms. The Balaban J connectivity index is 0.00000225. The Morgan fingerprint density at radius 3 is 2.92 bits per heavy atom. The summed E-state index contributed by atoms with van der Waals surface area (Å²) in [6.07, 6.45) is 2.18. The lowest BCUT2D eigenvalue weighted by Crippen LogP contribution is -2.38. The summed E-state index contributed by atoms with van der Waals surface area (Å²) in [5.74, 6) is 3.75. The molecule has 0 unspecified atom stereocenters. The standard InChI is InChI=1S/C17H24N6O.HI/c1-18-17(19-11-16-21-20-15-9-6-10-23(15)16)22(2)12-13-7-4-5-8-14(13)24-3;/h4-5,7-8H,6,9-12H2,1-3H3,(H,18,19);1H. The minimum absolute atomic E-state index is 0. The zero-order valence-electron chi connectivity index (χ0n) is 14.9. The number of hydrogen-bond donors (Lipinski definition) is 1. The van der Waals surface area contributed by atoms with E-state index < -0.39 is 0 Å². The monoisotopic (exact) mass is 456 g/mol. The van der Waals surface area contributed by atoms with E-state index in [9.17, 15) is 0 Å². The Morgan fingerprint density at radius 1 is 1.36 bits per heavy atom. The number of guanidine groups is 1. The van der Waals surface area contributed by atoms with E-state index >= 15 is 0 Å². The van der Waals surface area contributed by atoms with E-state index in [4.69, 9.17) is 4.74 Å². The molecule has 1 aromatic carbocycles. The van der Waals surface area contributed by atoms with E-state index in [1.54, 1.807) is 14.2 Å². The van der Waals surface area contributed by atoms with Crippen molar-refractivity contribution >= 4 is 29.9 Å². The number of halogens is 1. The molecule has 0 amide bonds. The minimum Gasteiger partial charge on any atom is -0.496 e. The smallest absolute Gasteiger partial charge is 0.194 e. The Bertz CT molecular complexity index is 730. The minimum atomic E-state index is 0. The lowest BCUT2D eigenvalue weighted by molar-refractivity contribution is 0.395. The Labute approximate surface area is 165 Å². The van der Waals surface area contributed by atoms with Gasteiger partial charge in [-0.1, -0.05) is 18.2 Å². The average molecular weight is 456 g/mol. The lowest BCUT2D eigenvalue weighted by Gasteiger charge is -2.23. The molecular formula is C17H25IN6O. The van der Waals surface area contributed by atoms with Gasteiger partial charge in [0.1, 0.15) is 11.6 Å². The van der Waals surface area contributed by atoms with Gasteiger partial charge in [-0.05, 0) is 12.5 Å². The maximum absolute atomic E-state index is 5.42. The van der Waals surface area contributed by atoms with E-state index in [0.29, 0.717) is 13.1 Å². The number of rotatable bonds is 5. The van der Waals surface area contributed by atoms with Gasteiger partial charge in [0, 0.05) is 39.2 Å². The van der Waals surface area contributed by atoms with Crippen LogP contribution in [0.1, 0.15) is 23.6 Å². The van der Waals surface area contributed by atoms with Gasteiger partial charge >= 0.3 is 0 Å². The number of nitrogens with zero attached hydrogens (tertiary/aromatic N) is 5. The Morgan fingerprint density at radius 2 is 2.16 bits per heavy atom. The molecule has 2 aromatic rings. The van der Waals surface area contributed by atoms with Gasteiger partial charge in [0.15, 0.2) is 11.8 Å². The summed E-state index contributed by atoms with van der Waals surface area (Å²) >= 11 is 0. The van der Waals surface area contributed by atoms with Gasteiger partial charge < -0.3 is 19.5 Å². The molecule has 0 aliphatic carbocycles. The number of methoxy groups -OCH3 is 1. The van der Waals surface area contributed by atoms with Crippen LogP contribution in [-0.2, 0) is 26.1 Å². The molecule has 2 heterocycles. The maximum Gasteiger partial charge on any atom is 0.194 e. The molecule has 0 fully saturated rings. The molecule has 1 aromatic heterocycles. The Hall–Kier alpha value is -1.84. The highest BCUT2D eigenvalue weighted by atomic mass is 127. The number of hydrogen-bond acceptors (Lipinski definition) is 4. The molecule has 25 heavy (non-hydrogen) atoms. The highest BCUT2D eigenvalue weighted by Gasteiger charge is 2.18. The normalized spacial score (nSPS) is 13.2. The maximum atomic E-state index is 5.42. The van der Waals surface area contributed by atoms with Gasteiger partial charge in [0.25, 0.3) is 0 Å². The third-order valence-electron chi connectivity index (χ3n) is 4.26. The van der Waals surface area contributed by atoms with E-state index in [1.165, 1.54) is 0 Å². The van der Waals surface area contributed by atoms with Crippen molar-refractivity contribution in [3.8, 4) is 5.75 Å². The van der Waals surface area contributed by atoms with Crippen molar-refractivity contribution in [2.24, 2.45) is 4.99 Å². The van der Waals surface area contributed by atoms with Gasteiger partial charge in [0.05, 0.1) is 13.7 Å². The molecule has 1 aliphatic heterocycles. The van der Waals surface area contributed by atoms with Crippen molar-refractivity contribution < 1.29 is 4.74 Å². The van der Waals surface area contributed by atoms with Gasteiger partial charge in [-0.3, -0.25) is 4.99 Å². The zero-order valence-corrected chi connectivity index (χ0v) is 17.2. The molecule has 0 saturated carbocycles. The van der Waals surface area contributed by atoms with Crippen LogP contribution in [0.15, 0.2) is 29.3 Å². The quantitative estimate of drug-likeness (QED) is 0.424. The van der Waals surface area contributed by atoms with Crippen LogP contribution in [0.3, 0.4) is 0 Å². The molecule has 0 spiro atoms. The number of nitrogens with one attached hydrogen (secondary N) is 1. The highest BCUT2D eigenvalue weighted by molar-refractivity contribution is 14.0. The predicted molar refractivity (Wildman–Crippen MR) is 108 cm³/mol. The largest absolute Gasteiger partial charge is 0.496 e. The first kappa shape index (κ1) is 19.5. The van der Waals surface area contributed by atoms with Crippen molar-refractivity contribution in [2.75, 3.05) is 21.2 Å². The predicted octanol–water partition coefficient (Wildman–Crippen LogP) is 2.06. The van der Waals surface area contributed by atoms with E-state index in [-0.39, 0.29) is 24.0 Å². The topological polar surface area (TPSA) is 67.6 Å². The van der Waals surface area contributed by atoms with Crippen LogP contribution >= 0.6 is 24.0 Å². The number of aryl methyl sites for hydroxylation is 1. The van der Waals surface area contributed by atoms with Gasteiger partial charge in [-0.2, -0.15) is 0 Å². The van der Waals surface area contributed by atoms with Crippen molar-refractivity contribution in [1.29, 1.82) is 0 Å². The number of fused-ring (bicyclic) bond motifs is 1. The number of ether oxygens (including phenoxy) is 1. The van der Waals surface area contributed by atoms with Crippen LogP contribution in [0.2, 0.25) is 0 Å². The molecule has 3 rings (SSSR count). The van der Waals surface area contributed by atoms with Gasteiger partial charge in [-0.25, -0.2) is 0 Å². The van der Waals surface area contributed by atoms with Crippen LogP contribution in [0, 0.1) is 0 Å². The second kappa shape index (κ2) is 9.02. The highest BCUT2D eigenvalue weighted by Crippen LogP contribution is 2.19. The first-order valence-corrected chi connectivity index (χ1v) is 8.17. The second-order valence-electron chi connectivity index (χ2n) is 5.86. The van der Waals surface area contributed by atoms with E-state index in [0.717, 1.165) is 48.3 Å². The van der Waals surface area contributed by atoms with E-state index in [2.05, 4.69) is 36.0 Å². The first-order valence-electron chi connectivity index (χ1n) is 8.17. The summed E-state index contributed by atoms with van der Waals surface area (Å²) in [5.41, 5.74) is 1.12. The molecule has 0 radical (unpaired) electrons. The Kier molecular flexibility index (Phi) is 7.03. The fourth-order valence-electron chi connectivity index (χ4n) is 3.05. The van der Waals surface area contributed by atoms with Crippen molar-refractivity contribution in [3.63, 3.8) is 0 Å². The molecule has 1 N–H and O–H groups in total. The van der Waals surface area contributed by atoms with Crippen LogP contribution < -0.4 is 10.1 Å². The molecule has 136 valence electrons. The fraction of sp³-hybridized carbons (Fsp3) is 0.471. The number of para-hydroxylation sites is 1. The summed E-state index contributed by atoms with van der Waals surface area (Å²) in [6, 6.07) is 8.02. The number of benzene rings is 1. The number of aliphatic imine (C=N–C) groups is 1. The van der Waals surface area contributed by atoms with Crippen molar-refractivity contribution in [2.45, 2.75) is 32.5 Å². The summed E-state index contributed by atoms with van der Waals surface area (Å²) in [6.45, 7) is 2.34. The lowest BCUT2D eigenvalue weighted by atomic mass is 10.2. The summed E-state index contributed by atoms with van der Waals surface area (Å²) < 4.78 is 7.62. The van der Waals surface area contributed by atoms with Crippen LogP contribution in [0.4, 0.5) is 0 Å². The van der Waals surface area contributed by atoms with Crippen molar-refractivity contribution in [3.05, 3.63) is 41.5 Å². The van der Waals surface area contributed by atoms with Gasteiger partial charge in [-0.15, -0.1) is 34.2 Å². The SMILES string of the molecule is CN=C(NCc1nnc2n1CCC2)N(C)Cc1ccccc1OC.I. The third-order valence-corrected chi connectivity index (χ3v) is 4.26. The third kappa shape index (κ3) is 4.42. The molecular weight excluding hydrogens is 431 g/mol. The van der Waals surface area contributed by atoms with E-state index in [1.807, 2.05) is 25.2 Å². The first-order chi connectivity index (χ1) is 11.7. The second-order valence-corrected chi connectivity index (χ2v) is 5.86. The summed E-state index contributed by atoms with van der Waals surface area (Å²) in [4.78, 5) is 6.43. The van der Waals surface area contributed by atoms with Crippen molar-refractivity contribution in [1.82, 2.24) is 25.0 Å². The molecule has 0 atom stereocenters. The molecule has 0 saturated heterocycles. The van der Waals surface area contributed by atoms with Crippen LogP contribution in [0.5, 0.6) is 5.75 Å². The summed E-state index contributed by atoms with van der Waals surface area (Å²) in [5, 5.41) is 11.9. The summed E-state index contributed by atoms with van der Waals surface area (Å²) in [7, 11) is 5.49. The van der Waals surface area contributed by atoms with Crippen LogP contribution in [-0.4, -0.2) is 46.8 Å². The zero-order chi connectivity index (χ0) is 16.9. The molecule has 0 bridgehead atoms. The molecule has 7 nitrogen and oxygen atoms in total.